The molecule has 6 heteroatoms. The minimum absolute atomic E-state index is 0.00864. The molecule has 84 valence electrons. The van der Waals surface area contributed by atoms with Crippen molar-refractivity contribution in [2.45, 2.75) is 25.2 Å². The Morgan fingerprint density at radius 2 is 2.53 bits per heavy atom. The lowest BCUT2D eigenvalue weighted by Gasteiger charge is -2.20. The first-order chi connectivity index (χ1) is 7.19. The Morgan fingerprint density at radius 1 is 1.73 bits per heavy atom. The van der Waals surface area contributed by atoms with E-state index in [4.69, 9.17) is 10.8 Å². The fourth-order valence-electron chi connectivity index (χ4n) is 1.90. The first-order valence-electron chi connectivity index (χ1n) is 4.88. The number of rotatable bonds is 3. The van der Waals surface area contributed by atoms with Gasteiger partial charge in [0.25, 0.3) is 0 Å². The van der Waals surface area contributed by atoms with Crippen LogP contribution in [0.1, 0.15) is 11.3 Å². The van der Waals surface area contributed by atoms with Crippen LogP contribution in [0.5, 0.6) is 0 Å². The fourth-order valence-corrected chi connectivity index (χ4v) is 2.61. The number of hydrogen-bond acceptors (Lipinski definition) is 5. The SMILES string of the molecule is Nc1ncc(CN2CC(F)CC2CO)s1. The summed E-state index contributed by atoms with van der Waals surface area (Å²) in [5.74, 6) is 0. The number of nitrogens with zero attached hydrogens (tertiary/aromatic N) is 2. The highest BCUT2D eigenvalue weighted by atomic mass is 32.1. The summed E-state index contributed by atoms with van der Waals surface area (Å²) in [6, 6.07) is -0.0664. The Labute approximate surface area is 91.5 Å². The molecule has 2 atom stereocenters. The highest BCUT2D eigenvalue weighted by molar-refractivity contribution is 7.15. The summed E-state index contributed by atoms with van der Waals surface area (Å²) < 4.78 is 13.1. The number of anilines is 1. The summed E-state index contributed by atoms with van der Waals surface area (Å²) in [6.07, 6.45) is 1.30. The molecule has 2 rings (SSSR count). The van der Waals surface area contributed by atoms with Crippen molar-refractivity contribution < 1.29 is 9.50 Å². The van der Waals surface area contributed by atoms with Gasteiger partial charge in [-0.3, -0.25) is 4.90 Å². The number of aliphatic hydroxyl groups is 1. The third kappa shape index (κ3) is 2.45. The van der Waals surface area contributed by atoms with Crippen molar-refractivity contribution in [1.29, 1.82) is 0 Å². The van der Waals surface area contributed by atoms with Crippen LogP contribution in [0.15, 0.2) is 6.20 Å². The lowest BCUT2D eigenvalue weighted by Crippen LogP contribution is -2.31. The maximum Gasteiger partial charge on any atom is 0.180 e. The lowest BCUT2D eigenvalue weighted by atomic mass is 10.2. The molecule has 1 fully saturated rings. The van der Waals surface area contributed by atoms with Crippen molar-refractivity contribution >= 4 is 16.5 Å². The van der Waals surface area contributed by atoms with Crippen LogP contribution in [0.4, 0.5) is 9.52 Å². The van der Waals surface area contributed by atoms with Crippen molar-refractivity contribution in [1.82, 2.24) is 9.88 Å². The summed E-state index contributed by atoms with van der Waals surface area (Å²) in [5, 5.41) is 9.62. The highest BCUT2D eigenvalue weighted by Gasteiger charge is 2.31. The molecule has 0 amide bonds. The Kier molecular flexibility index (Phi) is 3.18. The van der Waals surface area contributed by atoms with Crippen molar-refractivity contribution in [3.05, 3.63) is 11.1 Å². The van der Waals surface area contributed by atoms with Crippen LogP contribution in [0.25, 0.3) is 0 Å². The second-order valence-corrected chi connectivity index (χ2v) is 4.91. The first-order valence-corrected chi connectivity index (χ1v) is 5.70. The number of nitrogens with two attached hydrogens (primary N) is 1. The average Bonchev–Trinajstić information content (AvgIpc) is 2.73. The van der Waals surface area contributed by atoms with Gasteiger partial charge in [0.2, 0.25) is 0 Å². The van der Waals surface area contributed by atoms with Crippen molar-refractivity contribution in [3.8, 4) is 0 Å². The largest absolute Gasteiger partial charge is 0.395 e. The number of thiazole rings is 1. The highest BCUT2D eigenvalue weighted by Crippen LogP contribution is 2.24. The Bertz CT molecular complexity index is 333. The number of hydrogen-bond donors (Lipinski definition) is 2. The van der Waals surface area contributed by atoms with E-state index in [2.05, 4.69) is 4.98 Å². The van der Waals surface area contributed by atoms with Crippen LogP contribution in [-0.2, 0) is 6.54 Å². The maximum absolute atomic E-state index is 13.1. The summed E-state index contributed by atoms with van der Waals surface area (Å²) in [6.45, 7) is 1.03. The first kappa shape index (κ1) is 10.8. The Hall–Kier alpha value is -0.720. The van der Waals surface area contributed by atoms with E-state index in [1.54, 1.807) is 6.20 Å². The molecule has 2 unspecified atom stereocenters. The van der Waals surface area contributed by atoms with E-state index >= 15 is 0 Å². The molecule has 1 saturated heterocycles. The zero-order valence-corrected chi connectivity index (χ0v) is 9.08. The Balaban J connectivity index is 1.99. The molecule has 1 aliphatic rings. The minimum atomic E-state index is -0.826. The van der Waals surface area contributed by atoms with Gasteiger partial charge in [0, 0.05) is 30.2 Å². The molecule has 15 heavy (non-hydrogen) atoms. The summed E-state index contributed by atoms with van der Waals surface area (Å²) in [4.78, 5) is 6.90. The van der Waals surface area contributed by atoms with E-state index in [9.17, 15) is 4.39 Å². The van der Waals surface area contributed by atoms with E-state index in [0.717, 1.165) is 4.88 Å². The molecule has 1 aliphatic heterocycles. The van der Waals surface area contributed by atoms with Gasteiger partial charge in [-0.05, 0) is 6.42 Å². The van der Waals surface area contributed by atoms with E-state index in [1.165, 1.54) is 11.3 Å². The third-order valence-electron chi connectivity index (χ3n) is 2.62. The molecule has 0 aromatic carbocycles. The van der Waals surface area contributed by atoms with Crippen LogP contribution in [0.2, 0.25) is 0 Å². The van der Waals surface area contributed by atoms with Crippen LogP contribution >= 0.6 is 11.3 Å². The van der Waals surface area contributed by atoms with Gasteiger partial charge in [0.1, 0.15) is 6.17 Å². The third-order valence-corrected chi connectivity index (χ3v) is 3.43. The normalized spacial score (nSPS) is 27.3. The monoisotopic (exact) mass is 231 g/mol. The topological polar surface area (TPSA) is 62.4 Å². The van der Waals surface area contributed by atoms with E-state index < -0.39 is 6.17 Å². The second-order valence-electron chi connectivity index (χ2n) is 3.76. The van der Waals surface area contributed by atoms with Crippen LogP contribution < -0.4 is 5.73 Å². The number of halogens is 1. The Morgan fingerprint density at radius 3 is 3.13 bits per heavy atom. The summed E-state index contributed by atoms with van der Waals surface area (Å²) in [7, 11) is 0. The van der Waals surface area contributed by atoms with E-state index in [-0.39, 0.29) is 12.6 Å². The number of likely N-dealkylation sites (tertiary alicyclic amines) is 1. The molecule has 4 nitrogen and oxygen atoms in total. The molecule has 1 aromatic rings. The molecule has 3 N–H and O–H groups in total. The van der Waals surface area contributed by atoms with Crippen molar-refractivity contribution in [2.24, 2.45) is 0 Å². The summed E-state index contributed by atoms with van der Waals surface area (Å²) in [5.41, 5.74) is 5.51. The molecule has 0 spiro atoms. The van der Waals surface area contributed by atoms with E-state index in [0.29, 0.717) is 24.6 Å². The fraction of sp³-hybridized carbons (Fsp3) is 0.667. The molecule has 2 heterocycles. The van der Waals surface area contributed by atoms with Gasteiger partial charge in [-0.2, -0.15) is 0 Å². The molecule has 0 radical (unpaired) electrons. The molecular weight excluding hydrogens is 217 g/mol. The predicted molar refractivity (Wildman–Crippen MR) is 57.3 cm³/mol. The molecule has 0 bridgehead atoms. The zero-order valence-electron chi connectivity index (χ0n) is 8.27. The average molecular weight is 231 g/mol. The van der Waals surface area contributed by atoms with Gasteiger partial charge in [0.15, 0.2) is 5.13 Å². The van der Waals surface area contributed by atoms with E-state index in [1.807, 2.05) is 4.90 Å². The smallest absolute Gasteiger partial charge is 0.180 e. The zero-order chi connectivity index (χ0) is 10.8. The van der Waals surface area contributed by atoms with Crippen molar-refractivity contribution in [3.63, 3.8) is 0 Å². The van der Waals surface area contributed by atoms with Gasteiger partial charge in [-0.15, -0.1) is 11.3 Å². The van der Waals surface area contributed by atoms with Gasteiger partial charge in [0.05, 0.1) is 6.61 Å². The van der Waals surface area contributed by atoms with Gasteiger partial charge in [-0.1, -0.05) is 0 Å². The minimum Gasteiger partial charge on any atom is -0.395 e. The van der Waals surface area contributed by atoms with Crippen molar-refractivity contribution in [2.75, 3.05) is 18.9 Å². The molecule has 0 aliphatic carbocycles. The quantitative estimate of drug-likeness (QED) is 0.801. The number of nitrogen functional groups attached to an aromatic ring is 1. The molecule has 1 aromatic heterocycles. The lowest BCUT2D eigenvalue weighted by molar-refractivity contribution is 0.154. The number of aromatic nitrogens is 1. The maximum atomic E-state index is 13.1. The van der Waals surface area contributed by atoms with Gasteiger partial charge >= 0.3 is 0 Å². The second kappa shape index (κ2) is 4.42. The van der Waals surface area contributed by atoms with Crippen LogP contribution in [0, 0.1) is 0 Å². The number of alkyl halides is 1. The molecule has 0 saturated carbocycles. The van der Waals surface area contributed by atoms with Gasteiger partial charge < -0.3 is 10.8 Å². The summed E-state index contributed by atoms with van der Waals surface area (Å²) >= 11 is 1.41. The van der Waals surface area contributed by atoms with Crippen LogP contribution in [-0.4, -0.2) is 40.4 Å². The number of aliphatic hydroxyl groups excluding tert-OH is 1. The molecular formula is C9H14FN3OS. The van der Waals surface area contributed by atoms with Gasteiger partial charge in [-0.25, -0.2) is 9.37 Å². The predicted octanol–water partition coefficient (Wildman–Crippen LogP) is 0.630. The van der Waals surface area contributed by atoms with Crippen LogP contribution in [0.3, 0.4) is 0 Å². The standard InChI is InChI=1S/C9H14FN3OS/c10-6-1-7(5-14)13(3-6)4-8-2-12-9(11)15-8/h2,6-7,14H,1,3-5H2,(H2,11,12).